The van der Waals surface area contributed by atoms with Crippen molar-refractivity contribution in [2.24, 2.45) is 5.92 Å². The van der Waals surface area contributed by atoms with Gasteiger partial charge >= 0.3 is 5.97 Å². The van der Waals surface area contributed by atoms with Crippen LogP contribution < -0.4 is 0 Å². The average Bonchev–Trinajstić information content (AvgIpc) is 2.71. The average molecular weight is 382 g/mol. The van der Waals surface area contributed by atoms with Gasteiger partial charge in [0.25, 0.3) is 0 Å². The lowest BCUT2D eigenvalue weighted by molar-refractivity contribution is -0.294. The van der Waals surface area contributed by atoms with E-state index in [0.717, 1.165) is 32.1 Å². The van der Waals surface area contributed by atoms with Gasteiger partial charge in [-0.15, -0.1) is 0 Å². The van der Waals surface area contributed by atoms with Gasteiger partial charge in [-0.1, -0.05) is 12.1 Å². The molecule has 0 aliphatic carbocycles. The van der Waals surface area contributed by atoms with Gasteiger partial charge in [-0.05, 0) is 50.2 Å². The van der Waals surface area contributed by atoms with Gasteiger partial charge in [0.1, 0.15) is 0 Å². The summed E-state index contributed by atoms with van der Waals surface area (Å²) in [6.07, 6.45) is 4.21. The molecule has 0 amide bonds. The van der Waals surface area contributed by atoms with Crippen molar-refractivity contribution < 1.29 is 34.3 Å². The number of hydrogen-bond acceptors (Lipinski definition) is 7. The van der Waals surface area contributed by atoms with E-state index in [1.807, 2.05) is 0 Å². The largest absolute Gasteiger partial charge is 0.465 e. The number of ketones is 1. The molecule has 7 heteroatoms. The van der Waals surface area contributed by atoms with Gasteiger partial charge in [-0.3, -0.25) is 4.79 Å². The minimum absolute atomic E-state index is 0.0983. The second-order valence-electron chi connectivity index (χ2n) is 6.27. The van der Waals surface area contributed by atoms with Crippen LogP contribution >= 0.6 is 0 Å². The summed E-state index contributed by atoms with van der Waals surface area (Å²) in [6.45, 7) is 0.879. The maximum absolute atomic E-state index is 12.1. The Morgan fingerprint density at radius 1 is 0.889 bits per heavy atom. The Morgan fingerprint density at radius 2 is 1.44 bits per heavy atom. The van der Waals surface area contributed by atoms with Gasteiger partial charge in [-0.2, -0.15) is 0 Å². The number of rotatable bonds is 15. The van der Waals surface area contributed by atoms with Crippen LogP contribution in [0.3, 0.4) is 0 Å². The summed E-state index contributed by atoms with van der Waals surface area (Å²) in [5, 5.41) is 17.8. The van der Waals surface area contributed by atoms with Crippen molar-refractivity contribution in [3.63, 3.8) is 0 Å². The summed E-state index contributed by atoms with van der Waals surface area (Å²) in [7, 11) is 1.31. The van der Waals surface area contributed by atoms with Crippen molar-refractivity contribution in [1.82, 2.24) is 0 Å². The van der Waals surface area contributed by atoms with E-state index in [1.54, 1.807) is 24.3 Å². The molecule has 1 aromatic rings. The van der Waals surface area contributed by atoms with Gasteiger partial charge in [0.2, 0.25) is 0 Å². The molecule has 0 radical (unpaired) electrons. The number of carbonyl (C=O) groups is 2. The monoisotopic (exact) mass is 382 g/mol. The number of methoxy groups -OCH3 is 1. The molecule has 0 atom stereocenters. The number of aliphatic hydroxyl groups is 2. The van der Waals surface area contributed by atoms with Crippen LogP contribution in [0.15, 0.2) is 24.3 Å². The summed E-state index contributed by atoms with van der Waals surface area (Å²) in [4.78, 5) is 33.6. The molecule has 0 aliphatic heterocycles. The highest BCUT2D eigenvalue weighted by Crippen LogP contribution is 2.17. The Bertz CT molecular complexity index is 534. The summed E-state index contributed by atoms with van der Waals surface area (Å²) in [5.41, 5.74) is 0.893. The van der Waals surface area contributed by atoms with Crippen LogP contribution in [0.2, 0.25) is 0 Å². The molecule has 0 unspecified atom stereocenters. The molecule has 152 valence electrons. The first-order valence-electron chi connectivity index (χ1n) is 9.30. The van der Waals surface area contributed by atoms with Gasteiger partial charge in [0.05, 0.1) is 25.9 Å². The van der Waals surface area contributed by atoms with Crippen LogP contribution in [0.4, 0.5) is 0 Å². The molecule has 27 heavy (non-hydrogen) atoms. The lowest BCUT2D eigenvalue weighted by Crippen LogP contribution is -2.10. The van der Waals surface area contributed by atoms with Gasteiger partial charge in [0.15, 0.2) is 5.78 Å². The quantitative estimate of drug-likeness (QED) is 0.158. The fraction of sp³-hybridized carbons (Fsp3) is 0.600. The summed E-state index contributed by atoms with van der Waals surface area (Å²) in [5.74, 6) is -0.163. The summed E-state index contributed by atoms with van der Waals surface area (Å²) < 4.78 is 4.61. The highest BCUT2D eigenvalue weighted by atomic mass is 17.2. The van der Waals surface area contributed by atoms with Crippen molar-refractivity contribution >= 4 is 11.8 Å². The number of ether oxygens (including phenoxy) is 1. The SMILES string of the molecule is COC(=O)c1ccc(C(=O)CCOOCCC(CCCO)CCCO)cc1. The predicted octanol–water partition coefficient (Wildman–Crippen LogP) is 2.55. The number of esters is 1. The highest BCUT2D eigenvalue weighted by molar-refractivity contribution is 5.97. The first-order valence-corrected chi connectivity index (χ1v) is 9.30. The molecule has 0 aliphatic rings. The molecule has 2 N–H and O–H groups in total. The van der Waals surface area contributed by atoms with Crippen LogP contribution in [0.25, 0.3) is 0 Å². The van der Waals surface area contributed by atoms with E-state index in [2.05, 4.69) is 4.74 Å². The standard InChI is InChI=1S/C20H30O7/c1-25-20(24)18-8-6-17(7-9-18)19(23)11-15-27-26-14-10-16(4-2-12-21)5-3-13-22/h6-9,16,21-22H,2-5,10-15H2,1H3. The predicted molar refractivity (Wildman–Crippen MR) is 99.4 cm³/mol. The zero-order chi connectivity index (χ0) is 19.9. The van der Waals surface area contributed by atoms with E-state index in [9.17, 15) is 9.59 Å². The fourth-order valence-corrected chi connectivity index (χ4v) is 2.71. The van der Waals surface area contributed by atoms with Gasteiger partial charge < -0.3 is 14.9 Å². The third kappa shape index (κ3) is 9.63. The molecule has 0 heterocycles. The van der Waals surface area contributed by atoms with E-state index in [-0.39, 0.29) is 32.0 Å². The smallest absolute Gasteiger partial charge is 0.337 e. The third-order valence-electron chi connectivity index (χ3n) is 4.27. The van der Waals surface area contributed by atoms with Crippen molar-refractivity contribution in [2.45, 2.75) is 38.5 Å². The van der Waals surface area contributed by atoms with Crippen molar-refractivity contribution in [2.75, 3.05) is 33.5 Å². The van der Waals surface area contributed by atoms with E-state index in [0.29, 0.717) is 23.7 Å². The third-order valence-corrected chi connectivity index (χ3v) is 4.27. The van der Waals surface area contributed by atoms with E-state index in [4.69, 9.17) is 20.0 Å². The van der Waals surface area contributed by atoms with Crippen molar-refractivity contribution in [1.29, 1.82) is 0 Å². The van der Waals surface area contributed by atoms with Crippen LogP contribution in [0, 0.1) is 5.92 Å². The van der Waals surface area contributed by atoms with Gasteiger partial charge in [0, 0.05) is 25.2 Å². The van der Waals surface area contributed by atoms with Crippen molar-refractivity contribution in [3.05, 3.63) is 35.4 Å². The number of carbonyl (C=O) groups excluding carboxylic acids is 2. The Labute approximate surface area is 160 Å². The Kier molecular flexibility index (Phi) is 12.3. The van der Waals surface area contributed by atoms with Crippen LogP contribution in [0.1, 0.15) is 59.2 Å². The molecule has 0 aromatic heterocycles. The zero-order valence-corrected chi connectivity index (χ0v) is 15.9. The van der Waals surface area contributed by atoms with Crippen LogP contribution in [-0.4, -0.2) is 55.5 Å². The molecule has 7 nitrogen and oxygen atoms in total. The summed E-state index contributed by atoms with van der Waals surface area (Å²) in [6, 6.07) is 6.27. The maximum atomic E-state index is 12.1. The van der Waals surface area contributed by atoms with Gasteiger partial charge in [-0.25, -0.2) is 14.6 Å². The molecule has 1 rings (SSSR count). The normalized spacial score (nSPS) is 11.0. The fourth-order valence-electron chi connectivity index (χ4n) is 2.71. The second kappa shape index (κ2) is 14.3. The topological polar surface area (TPSA) is 102 Å². The highest BCUT2D eigenvalue weighted by Gasteiger charge is 2.10. The maximum Gasteiger partial charge on any atom is 0.337 e. The first-order chi connectivity index (χ1) is 13.1. The molecule has 0 saturated heterocycles. The molecule has 0 fully saturated rings. The molecule has 0 spiro atoms. The number of benzene rings is 1. The van der Waals surface area contributed by atoms with Crippen LogP contribution in [-0.2, 0) is 14.5 Å². The molecule has 0 saturated carbocycles. The minimum atomic E-state index is -0.443. The Morgan fingerprint density at radius 3 is 2.00 bits per heavy atom. The minimum Gasteiger partial charge on any atom is -0.465 e. The van der Waals surface area contributed by atoms with E-state index >= 15 is 0 Å². The molecular weight excluding hydrogens is 352 g/mol. The lowest BCUT2D eigenvalue weighted by Gasteiger charge is -2.15. The molecule has 1 aromatic carbocycles. The Balaban J connectivity index is 2.22. The Hall–Kier alpha value is -1.80. The number of aliphatic hydroxyl groups excluding tert-OH is 2. The first kappa shape index (κ1) is 23.2. The molecule has 0 bridgehead atoms. The summed E-state index contributed by atoms with van der Waals surface area (Å²) >= 11 is 0. The van der Waals surface area contributed by atoms with E-state index in [1.165, 1.54) is 7.11 Å². The molecular formula is C20H30O7. The van der Waals surface area contributed by atoms with Crippen LogP contribution in [0.5, 0.6) is 0 Å². The second-order valence-corrected chi connectivity index (χ2v) is 6.27. The lowest BCUT2D eigenvalue weighted by atomic mass is 9.95. The van der Waals surface area contributed by atoms with E-state index < -0.39 is 5.97 Å². The zero-order valence-electron chi connectivity index (χ0n) is 15.9. The van der Waals surface area contributed by atoms with Crippen molar-refractivity contribution in [3.8, 4) is 0 Å². The number of Topliss-reactive ketones (excluding diaryl/α,β-unsaturated/α-hetero) is 1. The number of hydrogen-bond donors (Lipinski definition) is 2.